The molecular weight excluding hydrogens is 582 g/mol. The topological polar surface area (TPSA) is 107 Å². The zero-order valence-electron chi connectivity index (χ0n) is 26.1. The molecule has 1 fully saturated rings. The molecule has 240 valence electrons. The summed E-state index contributed by atoms with van der Waals surface area (Å²) in [7, 11) is 0. The first kappa shape index (κ1) is 31.3. The Balaban J connectivity index is 1.26. The lowest BCUT2D eigenvalue weighted by atomic mass is 9.92. The van der Waals surface area contributed by atoms with Gasteiger partial charge in [0.05, 0.1) is 18.7 Å². The minimum absolute atomic E-state index is 0.173. The first-order chi connectivity index (χ1) is 22.4. The van der Waals surface area contributed by atoms with Crippen LogP contribution in [0.5, 0.6) is 0 Å². The predicted molar refractivity (Wildman–Crippen MR) is 173 cm³/mol. The van der Waals surface area contributed by atoms with Crippen molar-refractivity contribution in [2.45, 2.75) is 82.5 Å². The number of hydrogen-bond donors (Lipinski definition) is 1. The summed E-state index contributed by atoms with van der Waals surface area (Å²) in [5.41, 5.74) is 4.56. The van der Waals surface area contributed by atoms with Crippen LogP contribution in [0, 0.1) is 0 Å². The average molecular weight is 624 g/mol. The van der Waals surface area contributed by atoms with Crippen LogP contribution in [0.15, 0.2) is 78.9 Å². The number of hydrogen-bond acceptors (Lipinski definition) is 5. The fourth-order valence-corrected chi connectivity index (χ4v) is 7.10. The number of para-hydroxylation sites is 1. The van der Waals surface area contributed by atoms with Gasteiger partial charge in [-0.15, -0.1) is 0 Å². The van der Waals surface area contributed by atoms with E-state index in [1.807, 2.05) is 78.9 Å². The maximum atomic E-state index is 14.5. The molecule has 6 rings (SSSR count). The number of nitrogens with zero attached hydrogens (tertiary/aromatic N) is 3. The van der Waals surface area contributed by atoms with Crippen LogP contribution >= 0.6 is 0 Å². The van der Waals surface area contributed by atoms with Crippen molar-refractivity contribution in [2.24, 2.45) is 0 Å². The molecule has 2 atom stereocenters. The van der Waals surface area contributed by atoms with E-state index in [2.05, 4.69) is 0 Å². The van der Waals surface area contributed by atoms with E-state index in [0.29, 0.717) is 24.9 Å². The first-order valence-electron chi connectivity index (χ1n) is 16.4. The van der Waals surface area contributed by atoms with Gasteiger partial charge in [-0.1, -0.05) is 79.2 Å². The first-order valence-corrected chi connectivity index (χ1v) is 16.4. The number of ether oxygens (including phenoxy) is 1. The summed E-state index contributed by atoms with van der Waals surface area (Å²) >= 11 is 0. The van der Waals surface area contributed by atoms with Gasteiger partial charge < -0.3 is 19.6 Å². The number of carboxylic acids is 1. The zero-order chi connectivity index (χ0) is 32.0. The third kappa shape index (κ3) is 7.09. The van der Waals surface area contributed by atoms with Gasteiger partial charge in [-0.3, -0.25) is 19.3 Å². The molecule has 1 saturated carbocycles. The molecule has 2 aliphatic heterocycles. The summed E-state index contributed by atoms with van der Waals surface area (Å²) in [5, 5.41) is 9.67. The maximum Gasteiger partial charge on any atom is 0.415 e. The van der Waals surface area contributed by atoms with Crippen molar-refractivity contribution >= 4 is 29.6 Å². The van der Waals surface area contributed by atoms with Crippen LogP contribution < -0.4 is 4.90 Å². The summed E-state index contributed by atoms with van der Waals surface area (Å²) in [5.74, 6) is -1.61. The number of carbonyl (C=O) groups excluding carboxylic acids is 3. The number of benzene rings is 3. The molecule has 3 aromatic rings. The molecule has 9 nitrogen and oxygen atoms in total. The number of amides is 3. The molecule has 0 unspecified atom stereocenters. The van der Waals surface area contributed by atoms with Gasteiger partial charge in [0.2, 0.25) is 11.8 Å². The normalized spacial score (nSPS) is 19.2. The molecular formula is C37H41N3O6. The third-order valence-corrected chi connectivity index (χ3v) is 9.51. The Kier molecular flexibility index (Phi) is 9.66. The SMILES string of the molecule is O=C(O)C[C@H]1Cc2ccccc2CN1C(=O)CN(CCc1ccccc1)C(=O)[C@H]1Cc2ccccc2N1C(=O)OC1CCCCC1. The van der Waals surface area contributed by atoms with Crippen molar-refractivity contribution in [3.63, 3.8) is 0 Å². The van der Waals surface area contributed by atoms with Gasteiger partial charge in [0.1, 0.15) is 12.1 Å². The van der Waals surface area contributed by atoms with Gasteiger partial charge in [-0.2, -0.15) is 0 Å². The molecule has 3 aromatic carbocycles. The predicted octanol–water partition coefficient (Wildman–Crippen LogP) is 5.39. The van der Waals surface area contributed by atoms with E-state index >= 15 is 0 Å². The molecule has 0 aromatic heterocycles. The van der Waals surface area contributed by atoms with Gasteiger partial charge >= 0.3 is 12.1 Å². The van der Waals surface area contributed by atoms with Gasteiger partial charge in [0.25, 0.3) is 0 Å². The van der Waals surface area contributed by atoms with Crippen LogP contribution in [0.1, 0.15) is 60.8 Å². The zero-order valence-corrected chi connectivity index (χ0v) is 26.1. The highest BCUT2D eigenvalue weighted by molar-refractivity contribution is 6.01. The molecule has 0 radical (unpaired) electrons. The third-order valence-electron chi connectivity index (χ3n) is 9.51. The van der Waals surface area contributed by atoms with Crippen molar-refractivity contribution < 1.29 is 29.0 Å². The maximum absolute atomic E-state index is 14.5. The van der Waals surface area contributed by atoms with E-state index in [0.717, 1.165) is 54.4 Å². The van der Waals surface area contributed by atoms with E-state index in [9.17, 15) is 24.3 Å². The Morgan fingerprint density at radius 3 is 2.22 bits per heavy atom. The van der Waals surface area contributed by atoms with Crippen LogP contribution in [0.4, 0.5) is 10.5 Å². The van der Waals surface area contributed by atoms with E-state index in [1.165, 1.54) is 4.90 Å². The van der Waals surface area contributed by atoms with E-state index in [1.54, 1.807) is 9.80 Å². The number of carboxylic acid groups (broad SMARTS) is 1. The quantitative estimate of drug-likeness (QED) is 0.343. The molecule has 9 heteroatoms. The number of rotatable bonds is 9. The Labute approximate surface area is 269 Å². The van der Waals surface area contributed by atoms with E-state index in [-0.39, 0.29) is 44.0 Å². The van der Waals surface area contributed by atoms with E-state index in [4.69, 9.17) is 4.74 Å². The van der Waals surface area contributed by atoms with Crippen molar-refractivity contribution in [1.82, 2.24) is 9.80 Å². The molecule has 0 spiro atoms. The summed E-state index contributed by atoms with van der Waals surface area (Å²) in [6.45, 7) is 0.325. The molecule has 0 saturated heterocycles. The Morgan fingerprint density at radius 1 is 0.804 bits per heavy atom. The van der Waals surface area contributed by atoms with Gasteiger partial charge in [-0.05, 0) is 66.8 Å². The number of anilines is 1. The average Bonchev–Trinajstić information content (AvgIpc) is 3.46. The minimum Gasteiger partial charge on any atom is -0.481 e. The van der Waals surface area contributed by atoms with Gasteiger partial charge in [-0.25, -0.2) is 4.79 Å². The number of fused-ring (bicyclic) bond motifs is 2. The lowest BCUT2D eigenvalue weighted by Crippen LogP contribution is -2.54. The van der Waals surface area contributed by atoms with Crippen molar-refractivity contribution in [3.8, 4) is 0 Å². The monoisotopic (exact) mass is 623 g/mol. The molecule has 3 amide bonds. The van der Waals surface area contributed by atoms with Crippen molar-refractivity contribution in [1.29, 1.82) is 0 Å². The highest BCUT2D eigenvalue weighted by atomic mass is 16.6. The second-order valence-electron chi connectivity index (χ2n) is 12.6. The molecule has 1 aliphatic carbocycles. The van der Waals surface area contributed by atoms with Crippen LogP contribution in [-0.2, 0) is 44.9 Å². The Hall–Kier alpha value is -4.66. The van der Waals surface area contributed by atoms with Crippen LogP contribution in [-0.4, -0.2) is 70.1 Å². The highest BCUT2D eigenvalue weighted by Crippen LogP contribution is 2.35. The molecule has 46 heavy (non-hydrogen) atoms. The highest BCUT2D eigenvalue weighted by Gasteiger charge is 2.43. The van der Waals surface area contributed by atoms with E-state index < -0.39 is 24.1 Å². The smallest absolute Gasteiger partial charge is 0.415 e. The summed E-state index contributed by atoms with van der Waals surface area (Å²) in [6, 6.07) is 23.6. The number of carbonyl (C=O) groups is 4. The van der Waals surface area contributed by atoms with Crippen molar-refractivity contribution in [2.75, 3.05) is 18.0 Å². The number of aliphatic carboxylic acids is 1. The molecule has 1 N–H and O–H groups in total. The Bertz CT molecular complexity index is 1570. The largest absolute Gasteiger partial charge is 0.481 e. The lowest BCUT2D eigenvalue weighted by Gasteiger charge is -2.38. The fourth-order valence-electron chi connectivity index (χ4n) is 7.10. The molecule has 3 aliphatic rings. The van der Waals surface area contributed by atoms with Crippen LogP contribution in [0.2, 0.25) is 0 Å². The fraction of sp³-hybridized carbons (Fsp3) is 0.405. The summed E-state index contributed by atoms with van der Waals surface area (Å²) < 4.78 is 5.97. The van der Waals surface area contributed by atoms with Crippen LogP contribution in [0.3, 0.4) is 0 Å². The molecule has 0 bridgehead atoms. The Morgan fingerprint density at radius 2 is 1.48 bits per heavy atom. The summed E-state index contributed by atoms with van der Waals surface area (Å²) in [4.78, 5) is 58.8. The standard InChI is InChI=1S/C37H41N3O6/c41-34(39-24-29-15-8-7-13-27(29)21-30(39)23-35(42)43)25-38(20-19-26-11-3-1-4-12-26)36(44)33-22-28-14-9-10-18-32(28)40(33)37(45)46-31-16-5-2-6-17-31/h1,3-4,7-15,18,30-31,33H,2,5-6,16-17,19-25H2,(H,42,43)/t30-,33-/m1/s1. The second kappa shape index (κ2) is 14.2. The van der Waals surface area contributed by atoms with Crippen LogP contribution in [0.25, 0.3) is 0 Å². The lowest BCUT2D eigenvalue weighted by molar-refractivity contribution is -0.145. The second-order valence-corrected chi connectivity index (χ2v) is 12.6. The minimum atomic E-state index is -0.977. The summed E-state index contributed by atoms with van der Waals surface area (Å²) in [6.07, 6.45) is 5.17. The van der Waals surface area contributed by atoms with Gasteiger partial charge in [0.15, 0.2) is 0 Å². The van der Waals surface area contributed by atoms with Gasteiger partial charge in [0, 0.05) is 25.6 Å². The van der Waals surface area contributed by atoms with Crippen molar-refractivity contribution in [3.05, 3.63) is 101 Å². The molecule has 2 heterocycles.